The van der Waals surface area contributed by atoms with Crippen LogP contribution in [0.15, 0.2) is 12.2 Å². The molecule has 1 N–H and O–H groups in total. The first-order valence-electron chi connectivity index (χ1n) is 8.66. The van der Waals surface area contributed by atoms with E-state index < -0.39 is 0 Å². The summed E-state index contributed by atoms with van der Waals surface area (Å²) in [6.45, 7) is 14.9. The Morgan fingerprint density at radius 2 is 1.75 bits per heavy atom. The molecule has 1 heteroatoms. The number of hydrogen-bond donors (Lipinski definition) is 1. The van der Waals surface area contributed by atoms with Gasteiger partial charge in [-0.15, -0.1) is 0 Å². The first kappa shape index (κ1) is 14.6. The van der Waals surface area contributed by atoms with Gasteiger partial charge in [-0.05, 0) is 80.6 Å². The molecule has 0 aromatic heterocycles. The van der Waals surface area contributed by atoms with Crippen LogP contribution in [0.4, 0.5) is 0 Å². The van der Waals surface area contributed by atoms with Crippen LogP contribution in [-0.4, -0.2) is 12.6 Å². The molecule has 4 rings (SSSR count). The van der Waals surface area contributed by atoms with E-state index in [4.69, 9.17) is 0 Å². The summed E-state index contributed by atoms with van der Waals surface area (Å²) in [5.41, 5.74) is 3.22. The number of likely N-dealkylation sites (N-methyl/N-ethyl adjacent to an activating group) is 1. The summed E-state index contributed by atoms with van der Waals surface area (Å²) >= 11 is 0. The van der Waals surface area contributed by atoms with E-state index in [9.17, 15) is 0 Å². The lowest BCUT2D eigenvalue weighted by atomic mass is 9.39. The first-order valence-corrected chi connectivity index (χ1v) is 8.66. The van der Waals surface area contributed by atoms with E-state index >= 15 is 0 Å². The number of nitrogens with one attached hydrogen (secondary N) is 1. The fraction of sp³-hybridized carbons (Fsp3) is 0.895. The molecular weight excluding hydrogens is 242 g/mol. The minimum atomic E-state index is 0.531. The molecule has 1 nitrogen and oxygen atoms in total. The minimum Gasteiger partial charge on any atom is -0.311 e. The number of rotatable bonds is 5. The largest absolute Gasteiger partial charge is 0.311 e. The molecule has 0 radical (unpaired) electrons. The molecule has 4 bridgehead atoms. The van der Waals surface area contributed by atoms with E-state index in [0.29, 0.717) is 22.3 Å². The van der Waals surface area contributed by atoms with Gasteiger partial charge in [0.25, 0.3) is 0 Å². The minimum absolute atomic E-state index is 0.531. The van der Waals surface area contributed by atoms with Crippen molar-refractivity contribution in [3.05, 3.63) is 12.2 Å². The maximum absolute atomic E-state index is 4.24. The SMILES string of the molecule is C=C(C)C(CC12CC3CC(C)(CC(C)(C3)C1)C2)NCC. The quantitative estimate of drug-likeness (QED) is 0.702. The number of hydrogen-bond acceptors (Lipinski definition) is 1. The molecule has 4 aliphatic rings. The van der Waals surface area contributed by atoms with Gasteiger partial charge in [-0.2, -0.15) is 0 Å². The molecule has 0 amide bonds. The highest BCUT2D eigenvalue weighted by Crippen LogP contribution is 2.70. The fourth-order valence-corrected chi connectivity index (χ4v) is 7.01. The van der Waals surface area contributed by atoms with E-state index in [2.05, 4.69) is 39.6 Å². The van der Waals surface area contributed by atoms with Gasteiger partial charge in [-0.3, -0.25) is 0 Å². The Morgan fingerprint density at radius 3 is 2.20 bits per heavy atom. The van der Waals surface area contributed by atoms with Gasteiger partial charge in [0, 0.05) is 6.04 Å². The van der Waals surface area contributed by atoms with Crippen LogP contribution in [0.5, 0.6) is 0 Å². The lowest BCUT2D eigenvalue weighted by molar-refractivity contribution is -0.149. The second-order valence-corrected chi connectivity index (χ2v) is 9.29. The Morgan fingerprint density at radius 1 is 1.15 bits per heavy atom. The zero-order valence-corrected chi connectivity index (χ0v) is 14.0. The van der Waals surface area contributed by atoms with Crippen molar-refractivity contribution in [2.45, 2.75) is 78.7 Å². The Balaban J connectivity index is 1.83. The van der Waals surface area contributed by atoms with Crippen LogP contribution in [0.3, 0.4) is 0 Å². The van der Waals surface area contributed by atoms with Crippen LogP contribution in [-0.2, 0) is 0 Å². The van der Waals surface area contributed by atoms with Crippen LogP contribution >= 0.6 is 0 Å². The topological polar surface area (TPSA) is 12.0 Å². The Bertz CT molecular complexity index is 392. The molecule has 0 heterocycles. The fourth-order valence-electron chi connectivity index (χ4n) is 7.01. The van der Waals surface area contributed by atoms with Gasteiger partial charge >= 0.3 is 0 Å². The van der Waals surface area contributed by atoms with E-state index in [1.165, 1.54) is 50.5 Å². The molecular formula is C19H33N. The second-order valence-electron chi connectivity index (χ2n) is 9.29. The maximum Gasteiger partial charge on any atom is 0.0279 e. The van der Waals surface area contributed by atoms with Crippen LogP contribution in [0.2, 0.25) is 0 Å². The molecule has 0 aromatic carbocycles. The van der Waals surface area contributed by atoms with Gasteiger partial charge < -0.3 is 5.32 Å². The Labute approximate surface area is 125 Å². The highest BCUT2D eigenvalue weighted by atomic mass is 14.9. The molecule has 4 fully saturated rings. The summed E-state index contributed by atoms with van der Waals surface area (Å²) in [5, 5.41) is 3.68. The van der Waals surface area contributed by atoms with Crippen molar-refractivity contribution in [3.63, 3.8) is 0 Å². The summed E-state index contributed by atoms with van der Waals surface area (Å²) in [5.74, 6) is 1.01. The van der Waals surface area contributed by atoms with Crippen molar-refractivity contribution in [2.24, 2.45) is 22.2 Å². The lowest BCUT2D eigenvalue weighted by Crippen LogP contribution is -2.56. The molecule has 3 unspecified atom stereocenters. The monoisotopic (exact) mass is 275 g/mol. The van der Waals surface area contributed by atoms with E-state index in [0.717, 1.165) is 12.5 Å². The molecule has 0 aliphatic heterocycles. The highest BCUT2D eigenvalue weighted by Gasteiger charge is 2.60. The smallest absolute Gasteiger partial charge is 0.0279 e. The normalized spacial score (nSPS) is 47.5. The standard InChI is InChI=1S/C19H33N/c1-6-20-16(14(2)3)10-19-9-15-7-17(4,12-19)11-18(5,8-15)13-19/h15-16,20H,2,6-13H2,1,3-5H3. The molecule has 0 aromatic rings. The zero-order valence-electron chi connectivity index (χ0n) is 14.0. The van der Waals surface area contributed by atoms with E-state index in [1.54, 1.807) is 0 Å². The molecule has 114 valence electrons. The second kappa shape index (κ2) is 4.60. The van der Waals surface area contributed by atoms with E-state index in [-0.39, 0.29) is 0 Å². The average Bonchev–Trinajstić information content (AvgIpc) is 2.22. The Kier molecular flexibility index (Phi) is 3.36. The molecule has 4 aliphatic carbocycles. The highest BCUT2D eigenvalue weighted by molar-refractivity contribution is 5.13. The zero-order chi connectivity index (χ0) is 14.6. The first-order chi connectivity index (χ1) is 9.27. The molecule has 3 atom stereocenters. The average molecular weight is 275 g/mol. The molecule has 0 spiro atoms. The van der Waals surface area contributed by atoms with Gasteiger partial charge in [0.1, 0.15) is 0 Å². The lowest BCUT2D eigenvalue weighted by Gasteiger charge is -2.66. The predicted octanol–water partition coefficient (Wildman–Crippen LogP) is 4.93. The third kappa shape index (κ3) is 2.47. The summed E-state index contributed by atoms with van der Waals surface area (Å²) in [6.07, 6.45) is 10.3. The van der Waals surface area contributed by atoms with Gasteiger partial charge in [-0.25, -0.2) is 0 Å². The Hall–Kier alpha value is -0.300. The van der Waals surface area contributed by atoms with Crippen LogP contribution < -0.4 is 5.32 Å². The summed E-state index contributed by atoms with van der Waals surface area (Å²) in [6, 6.07) is 0.531. The van der Waals surface area contributed by atoms with Crippen molar-refractivity contribution in [3.8, 4) is 0 Å². The molecule has 4 saturated carbocycles. The van der Waals surface area contributed by atoms with Crippen molar-refractivity contribution in [1.82, 2.24) is 5.32 Å². The third-order valence-corrected chi connectivity index (χ3v) is 6.42. The van der Waals surface area contributed by atoms with Crippen molar-refractivity contribution in [1.29, 1.82) is 0 Å². The third-order valence-electron chi connectivity index (χ3n) is 6.42. The van der Waals surface area contributed by atoms with Gasteiger partial charge in [0.05, 0.1) is 0 Å². The van der Waals surface area contributed by atoms with Crippen LogP contribution in [0.25, 0.3) is 0 Å². The van der Waals surface area contributed by atoms with Crippen molar-refractivity contribution >= 4 is 0 Å². The van der Waals surface area contributed by atoms with Gasteiger partial charge in [0.15, 0.2) is 0 Å². The van der Waals surface area contributed by atoms with Crippen LogP contribution in [0, 0.1) is 22.2 Å². The summed E-state index contributed by atoms with van der Waals surface area (Å²) < 4.78 is 0. The van der Waals surface area contributed by atoms with Gasteiger partial charge in [-0.1, -0.05) is 32.9 Å². The van der Waals surface area contributed by atoms with Crippen molar-refractivity contribution < 1.29 is 0 Å². The summed E-state index contributed by atoms with van der Waals surface area (Å²) in [7, 11) is 0. The molecule has 0 saturated heterocycles. The summed E-state index contributed by atoms with van der Waals surface area (Å²) in [4.78, 5) is 0. The predicted molar refractivity (Wildman–Crippen MR) is 86.7 cm³/mol. The van der Waals surface area contributed by atoms with E-state index in [1.807, 2.05) is 0 Å². The molecule has 20 heavy (non-hydrogen) atoms. The van der Waals surface area contributed by atoms with Crippen molar-refractivity contribution in [2.75, 3.05) is 6.54 Å². The van der Waals surface area contributed by atoms with Gasteiger partial charge in [0.2, 0.25) is 0 Å². The van der Waals surface area contributed by atoms with Crippen LogP contribution in [0.1, 0.15) is 72.6 Å². The maximum atomic E-state index is 4.24.